The minimum Gasteiger partial charge on any atom is -0.473 e. The molecule has 0 aliphatic heterocycles. The Morgan fingerprint density at radius 3 is 2.05 bits per heavy atom. The van der Waals surface area contributed by atoms with Crippen molar-refractivity contribution in [2.75, 3.05) is 32.3 Å². The Labute approximate surface area is 219 Å². The molecule has 0 amide bonds. The van der Waals surface area contributed by atoms with Crippen molar-refractivity contribution in [3.63, 3.8) is 0 Å². The van der Waals surface area contributed by atoms with Crippen LogP contribution in [-0.4, -0.2) is 76.7 Å². The highest BCUT2D eigenvalue weighted by Gasteiger charge is 2.28. The first kappa shape index (κ1) is 31.0. The molecule has 2 aromatic rings. The molecule has 0 fully saturated rings. The van der Waals surface area contributed by atoms with Gasteiger partial charge in [-0.1, -0.05) is 0 Å². The molecular weight excluding hydrogens is 529 g/mol. The standard InChI is InChI=1S/C21H34N5O11P/c1-13(2)35-18-16-17(24-19(22)25-18)26(9-23-16)7-8-30-12-38(29,33-10-31-20(27)36-14(3)4)34-11-32-21(28)37-15(5)6/h9,13-15H,7-8,10-12H2,1-6H3,(H2,22,24,25). The van der Waals surface area contributed by atoms with E-state index in [4.69, 9.17) is 43.2 Å². The van der Waals surface area contributed by atoms with E-state index in [2.05, 4.69) is 15.0 Å². The number of carbonyl (C=O) groups excluding carboxylic acids is 2. The normalized spacial score (nSPS) is 11.8. The summed E-state index contributed by atoms with van der Waals surface area (Å²) in [6, 6.07) is 0. The zero-order valence-electron chi connectivity index (χ0n) is 22.1. The van der Waals surface area contributed by atoms with Gasteiger partial charge in [0.2, 0.25) is 25.4 Å². The van der Waals surface area contributed by atoms with E-state index in [1.165, 1.54) is 6.33 Å². The number of hydrogen-bond donors (Lipinski definition) is 1. The number of hydrogen-bond acceptors (Lipinski definition) is 15. The van der Waals surface area contributed by atoms with Gasteiger partial charge in [-0.25, -0.2) is 14.6 Å². The van der Waals surface area contributed by atoms with E-state index in [1.54, 1.807) is 32.3 Å². The molecule has 0 bridgehead atoms. The fraction of sp³-hybridized carbons (Fsp3) is 0.667. The van der Waals surface area contributed by atoms with E-state index in [-0.39, 0.29) is 31.1 Å². The molecule has 2 aromatic heterocycles. The molecule has 38 heavy (non-hydrogen) atoms. The second kappa shape index (κ2) is 14.7. The maximum absolute atomic E-state index is 13.1. The lowest BCUT2D eigenvalue weighted by Crippen LogP contribution is -2.17. The smallest absolute Gasteiger partial charge is 0.473 e. The van der Waals surface area contributed by atoms with Crippen LogP contribution in [0.1, 0.15) is 41.5 Å². The molecule has 214 valence electrons. The SMILES string of the molecule is CC(C)OC(=O)OCOP(=O)(COCCn1cnc2c(OC(C)C)nc(N)nc21)OCOC(=O)OC(C)C. The summed E-state index contributed by atoms with van der Waals surface area (Å²) < 4.78 is 55.1. The summed E-state index contributed by atoms with van der Waals surface area (Å²) in [4.78, 5) is 35.6. The molecule has 0 spiro atoms. The third-order valence-electron chi connectivity index (χ3n) is 4.04. The van der Waals surface area contributed by atoms with Crippen molar-refractivity contribution in [1.29, 1.82) is 0 Å². The number of aromatic nitrogens is 4. The molecule has 0 atom stereocenters. The van der Waals surface area contributed by atoms with E-state index < -0.39 is 52.0 Å². The summed E-state index contributed by atoms with van der Waals surface area (Å²) in [7, 11) is -4.06. The number of nitrogen functional groups attached to an aromatic ring is 1. The highest BCUT2D eigenvalue weighted by molar-refractivity contribution is 7.53. The Balaban J connectivity index is 1.97. The van der Waals surface area contributed by atoms with Gasteiger partial charge in [0.1, 0.15) is 6.35 Å². The fourth-order valence-corrected chi connectivity index (χ4v) is 3.62. The number of fused-ring (bicyclic) bond motifs is 1. The lowest BCUT2D eigenvalue weighted by atomic mass is 10.4. The van der Waals surface area contributed by atoms with Crippen LogP contribution in [0.4, 0.5) is 15.5 Å². The largest absolute Gasteiger partial charge is 0.510 e. The second-order valence-corrected chi connectivity index (χ2v) is 10.4. The molecule has 0 radical (unpaired) electrons. The highest BCUT2D eigenvalue weighted by Crippen LogP contribution is 2.48. The van der Waals surface area contributed by atoms with Gasteiger partial charge in [0.25, 0.3) is 0 Å². The molecule has 16 nitrogen and oxygen atoms in total. The lowest BCUT2D eigenvalue weighted by molar-refractivity contribution is -0.0344. The van der Waals surface area contributed by atoms with Crippen LogP contribution in [0.25, 0.3) is 11.2 Å². The van der Waals surface area contributed by atoms with Gasteiger partial charge in [0.05, 0.1) is 31.2 Å². The molecule has 2 rings (SSSR count). The Kier molecular flexibility index (Phi) is 12.0. The monoisotopic (exact) mass is 563 g/mol. The number of nitrogens with zero attached hydrogens (tertiary/aromatic N) is 4. The van der Waals surface area contributed by atoms with Crippen molar-refractivity contribution < 1.29 is 51.6 Å². The Morgan fingerprint density at radius 2 is 1.53 bits per heavy atom. The predicted octanol–water partition coefficient (Wildman–Crippen LogP) is 3.43. The molecule has 17 heteroatoms. The average Bonchev–Trinajstić information content (AvgIpc) is 3.18. The van der Waals surface area contributed by atoms with E-state index in [9.17, 15) is 14.2 Å². The third kappa shape index (κ3) is 10.7. The molecule has 2 heterocycles. The van der Waals surface area contributed by atoms with Crippen LogP contribution < -0.4 is 10.5 Å². The maximum Gasteiger partial charge on any atom is 0.510 e. The van der Waals surface area contributed by atoms with Crippen LogP contribution in [0.3, 0.4) is 0 Å². The molecular formula is C21H34N5O11P. The van der Waals surface area contributed by atoms with Gasteiger partial charge in [0, 0.05) is 6.54 Å². The molecule has 2 N–H and O–H groups in total. The van der Waals surface area contributed by atoms with Gasteiger partial charge in [-0.3, -0.25) is 13.6 Å². The number of anilines is 1. The topological polar surface area (TPSA) is 195 Å². The first-order chi connectivity index (χ1) is 17.9. The first-order valence-electron chi connectivity index (χ1n) is 11.7. The van der Waals surface area contributed by atoms with Crippen molar-refractivity contribution >= 4 is 37.0 Å². The van der Waals surface area contributed by atoms with Crippen molar-refractivity contribution in [2.45, 2.75) is 66.4 Å². The molecule has 0 saturated heterocycles. The Hall–Kier alpha value is -3.20. The van der Waals surface area contributed by atoms with Gasteiger partial charge in [-0.05, 0) is 41.5 Å². The fourth-order valence-electron chi connectivity index (χ4n) is 2.62. The molecule has 0 aromatic carbocycles. The van der Waals surface area contributed by atoms with Gasteiger partial charge >= 0.3 is 19.9 Å². The minimum absolute atomic E-state index is 0.00843. The third-order valence-corrected chi connectivity index (χ3v) is 5.54. The number of carbonyl (C=O) groups is 2. The van der Waals surface area contributed by atoms with Crippen LogP contribution in [-0.2, 0) is 43.8 Å². The summed E-state index contributed by atoms with van der Waals surface area (Å²) in [5.74, 6) is 0.259. The maximum atomic E-state index is 13.1. The van der Waals surface area contributed by atoms with Crippen LogP contribution in [0.15, 0.2) is 6.33 Å². The van der Waals surface area contributed by atoms with Crippen molar-refractivity contribution in [3.8, 4) is 5.88 Å². The number of nitrogens with two attached hydrogens (primary N) is 1. The number of imidazole rings is 1. The Bertz CT molecular complexity index is 1080. The van der Waals surface area contributed by atoms with Gasteiger partial charge < -0.3 is 38.7 Å². The summed E-state index contributed by atoms with van der Waals surface area (Å²) in [6.07, 6.45) is -2.13. The quantitative estimate of drug-likeness (QED) is 0.143. The summed E-state index contributed by atoms with van der Waals surface area (Å²) >= 11 is 0. The van der Waals surface area contributed by atoms with E-state index >= 15 is 0 Å². The van der Waals surface area contributed by atoms with Gasteiger partial charge in [-0.15, -0.1) is 0 Å². The van der Waals surface area contributed by atoms with Crippen molar-refractivity contribution in [3.05, 3.63) is 6.33 Å². The molecule has 0 aliphatic carbocycles. The van der Waals surface area contributed by atoms with E-state index in [1.807, 2.05) is 13.8 Å². The van der Waals surface area contributed by atoms with Crippen LogP contribution >= 0.6 is 7.60 Å². The Morgan fingerprint density at radius 1 is 0.947 bits per heavy atom. The molecule has 0 unspecified atom stereocenters. The predicted molar refractivity (Wildman–Crippen MR) is 131 cm³/mol. The first-order valence-corrected chi connectivity index (χ1v) is 13.4. The summed E-state index contributed by atoms with van der Waals surface area (Å²) in [6.45, 7) is 8.90. The van der Waals surface area contributed by atoms with Crippen molar-refractivity contribution in [2.24, 2.45) is 0 Å². The zero-order valence-corrected chi connectivity index (χ0v) is 23.0. The number of rotatable bonds is 15. The van der Waals surface area contributed by atoms with Gasteiger partial charge in [0.15, 0.2) is 11.2 Å². The van der Waals surface area contributed by atoms with E-state index in [0.29, 0.717) is 11.2 Å². The summed E-state index contributed by atoms with van der Waals surface area (Å²) in [5.41, 5.74) is 6.63. The van der Waals surface area contributed by atoms with Crippen molar-refractivity contribution in [1.82, 2.24) is 19.5 Å². The van der Waals surface area contributed by atoms with Crippen LogP contribution in [0.5, 0.6) is 5.88 Å². The number of ether oxygens (including phenoxy) is 6. The van der Waals surface area contributed by atoms with Crippen LogP contribution in [0, 0.1) is 0 Å². The average molecular weight is 564 g/mol. The summed E-state index contributed by atoms with van der Waals surface area (Å²) in [5, 5.41) is 0. The molecule has 0 aliphatic rings. The van der Waals surface area contributed by atoms with Crippen LogP contribution in [0.2, 0.25) is 0 Å². The van der Waals surface area contributed by atoms with E-state index in [0.717, 1.165) is 0 Å². The van der Waals surface area contributed by atoms with Gasteiger partial charge in [-0.2, -0.15) is 9.97 Å². The second-order valence-electron chi connectivity index (χ2n) is 8.43. The minimum atomic E-state index is -4.06. The molecule has 0 saturated carbocycles. The lowest BCUT2D eigenvalue weighted by Gasteiger charge is -2.19. The highest BCUT2D eigenvalue weighted by atomic mass is 31.2. The zero-order chi connectivity index (χ0) is 28.3.